The number of rotatable bonds is 2. The number of aromatic nitrogens is 1. The first kappa shape index (κ1) is 12.1. The summed E-state index contributed by atoms with van der Waals surface area (Å²) < 4.78 is 5.58. The van der Waals surface area contributed by atoms with E-state index in [-0.39, 0.29) is 24.3 Å². The van der Waals surface area contributed by atoms with Crippen LogP contribution >= 0.6 is 12.4 Å². The van der Waals surface area contributed by atoms with E-state index in [0.717, 1.165) is 25.9 Å². The number of nitrogens with zero attached hydrogens (tertiary/aromatic N) is 1. The fourth-order valence-corrected chi connectivity index (χ4v) is 1.54. The van der Waals surface area contributed by atoms with Gasteiger partial charge < -0.3 is 15.2 Å². The zero-order chi connectivity index (χ0) is 9.80. The van der Waals surface area contributed by atoms with Crippen LogP contribution in [0.3, 0.4) is 0 Å². The molecular weight excluding hydrogens is 216 g/mol. The molecule has 2 rings (SSSR count). The van der Waals surface area contributed by atoms with Gasteiger partial charge in [0.15, 0.2) is 5.75 Å². The standard InChI is InChI=1S/C10H14N2O2.ClH/c13-9-2-1-5-12-10(9)14-8-3-6-11-7-4-8;/h1-2,5,8,11,13H,3-4,6-7H2;1H. The summed E-state index contributed by atoms with van der Waals surface area (Å²) in [4.78, 5) is 3.98. The largest absolute Gasteiger partial charge is 0.503 e. The zero-order valence-corrected chi connectivity index (χ0v) is 9.17. The Balaban J connectivity index is 0.00000112. The number of pyridine rings is 1. The van der Waals surface area contributed by atoms with Crippen molar-refractivity contribution in [1.29, 1.82) is 0 Å². The lowest BCUT2D eigenvalue weighted by Crippen LogP contribution is -2.34. The molecule has 15 heavy (non-hydrogen) atoms. The highest BCUT2D eigenvalue weighted by atomic mass is 35.5. The smallest absolute Gasteiger partial charge is 0.257 e. The van der Waals surface area contributed by atoms with E-state index in [2.05, 4.69) is 10.3 Å². The molecule has 0 amide bonds. The molecule has 0 bridgehead atoms. The molecule has 4 nitrogen and oxygen atoms in total. The normalized spacial score (nSPS) is 16.8. The Morgan fingerprint density at radius 2 is 2.13 bits per heavy atom. The molecule has 1 aromatic heterocycles. The topological polar surface area (TPSA) is 54.4 Å². The van der Waals surface area contributed by atoms with Crippen LogP contribution in [0.2, 0.25) is 0 Å². The quantitative estimate of drug-likeness (QED) is 0.805. The van der Waals surface area contributed by atoms with Crippen LogP contribution < -0.4 is 10.1 Å². The van der Waals surface area contributed by atoms with Gasteiger partial charge in [0.05, 0.1) is 0 Å². The van der Waals surface area contributed by atoms with Crippen molar-refractivity contribution in [1.82, 2.24) is 10.3 Å². The maximum Gasteiger partial charge on any atom is 0.257 e. The maximum absolute atomic E-state index is 9.44. The van der Waals surface area contributed by atoms with E-state index < -0.39 is 0 Å². The average Bonchev–Trinajstić information content (AvgIpc) is 2.23. The number of nitrogens with one attached hydrogen (secondary N) is 1. The molecule has 1 saturated heterocycles. The van der Waals surface area contributed by atoms with Crippen LogP contribution in [0.25, 0.3) is 0 Å². The summed E-state index contributed by atoms with van der Waals surface area (Å²) in [6.45, 7) is 1.94. The van der Waals surface area contributed by atoms with Crippen molar-refractivity contribution in [3.8, 4) is 11.6 Å². The average molecular weight is 231 g/mol. The van der Waals surface area contributed by atoms with Gasteiger partial charge >= 0.3 is 0 Å². The summed E-state index contributed by atoms with van der Waals surface area (Å²) in [6.07, 6.45) is 3.74. The maximum atomic E-state index is 9.44. The third-order valence-corrected chi connectivity index (χ3v) is 2.32. The molecule has 0 saturated carbocycles. The van der Waals surface area contributed by atoms with Gasteiger partial charge in [-0.2, -0.15) is 0 Å². The van der Waals surface area contributed by atoms with Gasteiger partial charge in [-0.05, 0) is 38.1 Å². The number of piperidine rings is 1. The second-order valence-corrected chi connectivity index (χ2v) is 3.39. The summed E-state index contributed by atoms with van der Waals surface area (Å²) in [5.41, 5.74) is 0. The molecule has 5 heteroatoms. The van der Waals surface area contributed by atoms with Crippen LogP contribution in [0.15, 0.2) is 18.3 Å². The molecule has 0 spiro atoms. The highest BCUT2D eigenvalue weighted by Crippen LogP contribution is 2.23. The van der Waals surface area contributed by atoms with Crippen molar-refractivity contribution in [2.75, 3.05) is 13.1 Å². The molecule has 0 unspecified atom stereocenters. The van der Waals surface area contributed by atoms with Crippen molar-refractivity contribution >= 4 is 12.4 Å². The fourth-order valence-electron chi connectivity index (χ4n) is 1.54. The van der Waals surface area contributed by atoms with E-state index in [1.807, 2.05) is 0 Å². The van der Waals surface area contributed by atoms with Gasteiger partial charge in [0, 0.05) is 6.20 Å². The van der Waals surface area contributed by atoms with Crippen LogP contribution in [-0.4, -0.2) is 29.3 Å². The molecule has 0 aliphatic carbocycles. The second kappa shape index (κ2) is 5.78. The van der Waals surface area contributed by atoms with E-state index in [9.17, 15) is 5.11 Å². The highest BCUT2D eigenvalue weighted by Gasteiger charge is 2.16. The van der Waals surface area contributed by atoms with Crippen molar-refractivity contribution < 1.29 is 9.84 Å². The molecule has 1 aliphatic heterocycles. The molecule has 0 aromatic carbocycles. The summed E-state index contributed by atoms with van der Waals surface area (Å²) in [5, 5.41) is 12.7. The summed E-state index contributed by atoms with van der Waals surface area (Å²) >= 11 is 0. The Morgan fingerprint density at radius 1 is 1.40 bits per heavy atom. The fraction of sp³-hybridized carbons (Fsp3) is 0.500. The molecule has 0 atom stereocenters. The van der Waals surface area contributed by atoms with E-state index in [0.29, 0.717) is 5.88 Å². The number of aromatic hydroxyl groups is 1. The van der Waals surface area contributed by atoms with Crippen LogP contribution in [-0.2, 0) is 0 Å². The van der Waals surface area contributed by atoms with E-state index >= 15 is 0 Å². The first-order chi connectivity index (χ1) is 6.86. The molecule has 2 N–H and O–H groups in total. The summed E-state index contributed by atoms with van der Waals surface area (Å²) in [6, 6.07) is 3.27. The van der Waals surface area contributed by atoms with Gasteiger partial charge in [-0.15, -0.1) is 12.4 Å². The van der Waals surface area contributed by atoms with Gasteiger partial charge in [-0.1, -0.05) is 0 Å². The lowest BCUT2D eigenvalue weighted by molar-refractivity contribution is 0.150. The van der Waals surface area contributed by atoms with Crippen molar-refractivity contribution in [2.45, 2.75) is 18.9 Å². The minimum Gasteiger partial charge on any atom is -0.503 e. The SMILES string of the molecule is Cl.Oc1cccnc1OC1CCNCC1. The Kier molecular flexibility index (Phi) is 4.65. The first-order valence-corrected chi connectivity index (χ1v) is 4.87. The summed E-state index contributed by atoms with van der Waals surface area (Å²) in [7, 11) is 0. The minimum absolute atomic E-state index is 0. The Morgan fingerprint density at radius 3 is 2.80 bits per heavy atom. The third kappa shape index (κ3) is 3.25. The van der Waals surface area contributed by atoms with E-state index in [1.165, 1.54) is 0 Å². The predicted octanol–water partition coefficient (Wildman–Crippen LogP) is 1.34. The summed E-state index contributed by atoms with van der Waals surface area (Å²) in [5.74, 6) is 0.463. The molecular formula is C10H15ClN2O2. The van der Waals surface area contributed by atoms with Crippen molar-refractivity contribution in [3.05, 3.63) is 18.3 Å². The van der Waals surface area contributed by atoms with Crippen molar-refractivity contribution in [3.63, 3.8) is 0 Å². The van der Waals surface area contributed by atoms with Gasteiger partial charge in [0.25, 0.3) is 5.88 Å². The highest BCUT2D eigenvalue weighted by molar-refractivity contribution is 5.85. The number of hydrogen-bond acceptors (Lipinski definition) is 4. The van der Waals surface area contributed by atoms with E-state index in [4.69, 9.17) is 4.74 Å². The Hall–Kier alpha value is -1.00. The molecule has 84 valence electrons. The van der Waals surface area contributed by atoms with Gasteiger partial charge in [-0.25, -0.2) is 4.98 Å². The molecule has 1 aromatic rings. The Labute approximate surface area is 95.1 Å². The monoisotopic (exact) mass is 230 g/mol. The lowest BCUT2D eigenvalue weighted by Gasteiger charge is -2.23. The first-order valence-electron chi connectivity index (χ1n) is 4.87. The number of ether oxygens (including phenoxy) is 1. The molecule has 0 radical (unpaired) electrons. The molecule has 1 aliphatic rings. The zero-order valence-electron chi connectivity index (χ0n) is 8.35. The lowest BCUT2D eigenvalue weighted by atomic mass is 10.1. The predicted molar refractivity (Wildman–Crippen MR) is 59.7 cm³/mol. The van der Waals surface area contributed by atoms with Crippen LogP contribution in [0.1, 0.15) is 12.8 Å². The minimum atomic E-state index is 0. The Bertz CT molecular complexity index is 303. The van der Waals surface area contributed by atoms with Gasteiger partial charge in [-0.3, -0.25) is 0 Å². The van der Waals surface area contributed by atoms with Gasteiger partial charge in [0.2, 0.25) is 0 Å². The second-order valence-electron chi connectivity index (χ2n) is 3.39. The van der Waals surface area contributed by atoms with Crippen LogP contribution in [0, 0.1) is 0 Å². The van der Waals surface area contributed by atoms with Crippen LogP contribution in [0.5, 0.6) is 11.6 Å². The molecule has 2 heterocycles. The third-order valence-electron chi connectivity index (χ3n) is 2.32. The molecule has 1 fully saturated rings. The van der Waals surface area contributed by atoms with E-state index in [1.54, 1.807) is 18.3 Å². The van der Waals surface area contributed by atoms with Crippen LogP contribution in [0.4, 0.5) is 0 Å². The number of halogens is 1. The number of hydrogen-bond donors (Lipinski definition) is 2. The van der Waals surface area contributed by atoms with Crippen molar-refractivity contribution in [2.24, 2.45) is 0 Å². The van der Waals surface area contributed by atoms with Gasteiger partial charge in [0.1, 0.15) is 6.10 Å².